The molecule has 0 saturated heterocycles. The van der Waals surface area contributed by atoms with E-state index in [1.807, 2.05) is 0 Å². The fourth-order valence-corrected chi connectivity index (χ4v) is 7.29. The molecule has 0 saturated carbocycles. The highest BCUT2D eigenvalue weighted by Crippen LogP contribution is 2.42. The summed E-state index contributed by atoms with van der Waals surface area (Å²) in [6, 6.07) is 68.0. The third-order valence-corrected chi connectivity index (χ3v) is 9.66. The number of hydrogen-bond donors (Lipinski definition) is 0. The topological polar surface area (TPSA) is 8.17 Å². The van der Waals surface area contributed by atoms with E-state index < -0.39 is 0 Å². The standard InChI is InChI=1S/C47H34N2/c1-33-22-27-39(28-23-33)49-46-20-9-8-16-43(46)44-32-36(26-31-47(44)49)40-17-10-19-42-41(40)18-11-21-45(42)48(37-14-6-3-7-15-37)38-29-24-35(25-30-38)34-12-4-2-5-13-34/h2-32H,1H3. The fraction of sp³-hybridized carbons (Fsp3) is 0.0213. The van der Waals surface area contributed by atoms with Crippen molar-refractivity contribution in [1.82, 2.24) is 4.57 Å². The summed E-state index contributed by atoms with van der Waals surface area (Å²) in [5, 5.41) is 4.95. The third kappa shape index (κ3) is 5.06. The van der Waals surface area contributed by atoms with Crippen molar-refractivity contribution in [1.29, 1.82) is 0 Å². The van der Waals surface area contributed by atoms with Gasteiger partial charge in [-0.05, 0) is 95.2 Å². The van der Waals surface area contributed by atoms with Crippen LogP contribution in [-0.4, -0.2) is 4.57 Å². The predicted molar refractivity (Wildman–Crippen MR) is 209 cm³/mol. The fourth-order valence-electron chi connectivity index (χ4n) is 7.29. The Kier molecular flexibility index (Phi) is 7.06. The van der Waals surface area contributed by atoms with Gasteiger partial charge in [-0.15, -0.1) is 0 Å². The monoisotopic (exact) mass is 626 g/mol. The summed E-state index contributed by atoms with van der Waals surface area (Å²) in [7, 11) is 0. The largest absolute Gasteiger partial charge is 0.310 e. The molecule has 0 unspecified atom stereocenters. The van der Waals surface area contributed by atoms with E-state index in [1.54, 1.807) is 0 Å². The second kappa shape index (κ2) is 12.0. The second-order valence-corrected chi connectivity index (χ2v) is 12.7. The smallest absolute Gasteiger partial charge is 0.0541 e. The molecular weight excluding hydrogens is 593 g/mol. The molecule has 8 aromatic carbocycles. The number of hydrogen-bond acceptors (Lipinski definition) is 1. The summed E-state index contributed by atoms with van der Waals surface area (Å²) >= 11 is 0. The predicted octanol–water partition coefficient (Wildman–Crippen LogP) is 13.0. The Morgan fingerprint density at radius 2 is 0.980 bits per heavy atom. The van der Waals surface area contributed by atoms with Crippen molar-refractivity contribution in [2.75, 3.05) is 4.90 Å². The number of para-hydroxylation sites is 2. The van der Waals surface area contributed by atoms with Crippen molar-refractivity contribution >= 4 is 49.6 Å². The molecule has 0 radical (unpaired) electrons. The minimum atomic E-state index is 1.12. The van der Waals surface area contributed by atoms with Crippen LogP contribution in [0.3, 0.4) is 0 Å². The lowest BCUT2D eigenvalue weighted by Crippen LogP contribution is -2.10. The molecule has 1 aromatic heterocycles. The molecular formula is C47H34N2. The average Bonchev–Trinajstić information content (AvgIpc) is 3.50. The highest BCUT2D eigenvalue weighted by Gasteiger charge is 2.18. The maximum absolute atomic E-state index is 2.38. The second-order valence-electron chi connectivity index (χ2n) is 12.7. The van der Waals surface area contributed by atoms with E-state index in [0.717, 1.165) is 17.1 Å². The maximum Gasteiger partial charge on any atom is 0.0541 e. The van der Waals surface area contributed by atoms with Crippen molar-refractivity contribution in [3.63, 3.8) is 0 Å². The average molecular weight is 627 g/mol. The summed E-state index contributed by atoms with van der Waals surface area (Å²) in [4.78, 5) is 2.37. The van der Waals surface area contributed by atoms with Gasteiger partial charge in [-0.1, -0.05) is 133 Å². The molecule has 0 spiro atoms. The first kappa shape index (κ1) is 28.8. The third-order valence-electron chi connectivity index (χ3n) is 9.66. The highest BCUT2D eigenvalue weighted by atomic mass is 15.1. The van der Waals surface area contributed by atoms with Crippen LogP contribution in [0.5, 0.6) is 0 Å². The molecule has 9 aromatic rings. The van der Waals surface area contributed by atoms with E-state index in [4.69, 9.17) is 0 Å². The van der Waals surface area contributed by atoms with Crippen LogP contribution in [-0.2, 0) is 0 Å². The lowest BCUT2D eigenvalue weighted by atomic mass is 9.95. The van der Waals surface area contributed by atoms with Crippen molar-refractivity contribution in [2.45, 2.75) is 6.92 Å². The molecule has 1 heterocycles. The normalized spacial score (nSPS) is 11.4. The Morgan fingerprint density at radius 1 is 0.388 bits per heavy atom. The lowest BCUT2D eigenvalue weighted by Gasteiger charge is -2.27. The quantitative estimate of drug-likeness (QED) is 0.178. The van der Waals surface area contributed by atoms with Crippen LogP contribution < -0.4 is 4.90 Å². The molecule has 0 aliphatic heterocycles. The van der Waals surface area contributed by atoms with E-state index in [1.165, 1.54) is 66.1 Å². The molecule has 0 fully saturated rings. The van der Waals surface area contributed by atoms with Gasteiger partial charge in [-0.2, -0.15) is 0 Å². The maximum atomic E-state index is 2.38. The van der Waals surface area contributed by atoms with Gasteiger partial charge in [0, 0.05) is 33.2 Å². The Bertz CT molecular complexity index is 2580. The van der Waals surface area contributed by atoms with Gasteiger partial charge in [0.25, 0.3) is 0 Å². The SMILES string of the molecule is Cc1ccc(-n2c3ccccc3c3cc(-c4cccc5c(N(c6ccccc6)c6ccc(-c7ccccc7)cc6)cccc45)ccc32)cc1. The van der Waals surface area contributed by atoms with Crippen molar-refractivity contribution < 1.29 is 0 Å². The first-order valence-electron chi connectivity index (χ1n) is 16.9. The number of rotatable bonds is 6. The zero-order chi connectivity index (χ0) is 32.7. The van der Waals surface area contributed by atoms with E-state index in [0.29, 0.717) is 0 Å². The summed E-state index contributed by atoms with van der Waals surface area (Å²) in [6.45, 7) is 2.14. The Balaban J connectivity index is 1.20. The Hall–Kier alpha value is -6.38. The van der Waals surface area contributed by atoms with Crippen LogP contribution in [0.1, 0.15) is 5.56 Å². The van der Waals surface area contributed by atoms with Crippen LogP contribution in [0, 0.1) is 6.92 Å². The van der Waals surface area contributed by atoms with Crippen molar-refractivity contribution in [3.05, 3.63) is 194 Å². The van der Waals surface area contributed by atoms with Gasteiger partial charge in [0.05, 0.1) is 16.7 Å². The first-order valence-corrected chi connectivity index (χ1v) is 16.9. The molecule has 49 heavy (non-hydrogen) atoms. The van der Waals surface area contributed by atoms with E-state index in [-0.39, 0.29) is 0 Å². The van der Waals surface area contributed by atoms with E-state index >= 15 is 0 Å². The highest BCUT2D eigenvalue weighted by molar-refractivity contribution is 6.12. The van der Waals surface area contributed by atoms with Gasteiger partial charge in [0.2, 0.25) is 0 Å². The first-order chi connectivity index (χ1) is 24.2. The molecule has 0 amide bonds. The number of fused-ring (bicyclic) bond motifs is 4. The molecule has 2 heteroatoms. The molecule has 0 aliphatic rings. The molecule has 0 aliphatic carbocycles. The molecule has 2 nitrogen and oxygen atoms in total. The van der Waals surface area contributed by atoms with Gasteiger partial charge in [-0.25, -0.2) is 0 Å². The van der Waals surface area contributed by atoms with E-state index in [2.05, 4.69) is 204 Å². The van der Waals surface area contributed by atoms with Gasteiger partial charge >= 0.3 is 0 Å². The number of benzene rings is 8. The van der Waals surface area contributed by atoms with Crippen molar-refractivity contribution in [3.8, 4) is 27.9 Å². The van der Waals surface area contributed by atoms with Gasteiger partial charge in [0.1, 0.15) is 0 Å². The van der Waals surface area contributed by atoms with Crippen LogP contribution in [0.15, 0.2) is 188 Å². The molecule has 0 bridgehead atoms. The minimum absolute atomic E-state index is 1.12. The molecule has 0 N–H and O–H groups in total. The van der Waals surface area contributed by atoms with Crippen LogP contribution in [0.4, 0.5) is 17.1 Å². The molecule has 9 rings (SSSR count). The summed E-state index contributed by atoms with van der Waals surface area (Å²) in [5.74, 6) is 0. The Morgan fingerprint density at radius 3 is 1.78 bits per heavy atom. The minimum Gasteiger partial charge on any atom is -0.310 e. The number of nitrogens with zero attached hydrogens (tertiary/aromatic N) is 2. The zero-order valence-corrected chi connectivity index (χ0v) is 27.3. The van der Waals surface area contributed by atoms with Gasteiger partial charge < -0.3 is 9.47 Å². The molecule has 232 valence electrons. The summed E-state index contributed by atoms with van der Waals surface area (Å²) in [5.41, 5.74) is 13.1. The Labute approximate surface area is 286 Å². The van der Waals surface area contributed by atoms with Crippen molar-refractivity contribution in [2.24, 2.45) is 0 Å². The van der Waals surface area contributed by atoms with Crippen LogP contribution in [0.2, 0.25) is 0 Å². The zero-order valence-electron chi connectivity index (χ0n) is 27.3. The van der Waals surface area contributed by atoms with E-state index in [9.17, 15) is 0 Å². The number of anilines is 3. The van der Waals surface area contributed by atoms with Crippen LogP contribution in [0.25, 0.3) is 60.5 Å². The number of aryl methyl sites for hydroxylation is 1. The van der Waals surface area contributed by atoms with Gasteiger partial charge in [-0.3, -0.25) is 0 Å². The van der Waals surface area contributed by atoms with Gasteiger partial charge in [0.15, 0.2) is 0 Å². The summed E-state index contributed by atoms with van der Waals surface area (Å²) in [6.07, 6.45) is 0. The number of aromatic nitrogens is 1. The molecule has 0 atom stereocenters. The lowest BCUT2D eigenvalue weighted by molar-refractivity contribution is 1.17. The van der Waals surface area contributed by atoms with Crippen LogP contribution >= 0.6 is 0 Å². The summed E-state index contributed by atoms with van der Waals surface area (Å²) < 4.78 is 2.38.